The van der Waals surface area contributed by atoms with Crippen molar-refractivity contribution in [1.29, 1.82) is 0 Å². The van der Waals surface area contributed by atoms with Crippen molar-refractivity contribution in [2.24, 2.45) is 5.16 Å². The van der Waals surface area contributed by atoms with Crippen molar-refractivity contribution >= 4 is 62.0 Å². The van der Waals surface area contributed by atoms with Crippen molar-refractivity contribution in [2.45, 2.75) is 57.4 Å². The topological polar surface area (TPSA) is 297 Å². The first kappa shape index (κ1) is 37.2. The molecule has 0 aromatic carbocycles. The fourth-order valence-corrected chi connectivity index (χ4v) is 5.29. The fraction of sp³-hybridized carbons (Fsp3) is 0.370. The van der Waals surface area contributed by atoms with Gasteiger partial charge in [-0.2, -0.15) is 8.42 Å². The Balaban J connectivity index is 1.82. The number of carbonyl (C=O) groups is 5. The number of anilines is 1. The summed E-state index contributed by atoms with van der Waals surface area (Å²) in [6.45, 7) is 2.96. The van der Waals surface area contributed by atoms with Crippen LogP contribution in [-0.4, -0.2) is 103 Å². The zero-order valence-electron chi connectivity index (χ0n) is 25.5. The molecule has 0 aliphatic carbocycles. The SMILES string of the molecule is C/C=C(/C=C(\O)C(=O)O[C@@H]1CC[C@H](NC(=O)/C(=N\OC(C)(C)C(=O)O)c2csc(N)n2)C(=O)N(S(=O)(=O)O)C1)C1C=CC(=O)C(O)=CN1. The minimum absolute atomic E-state index is 0.00259. The summed E-state index contributed by atoms with van der Waals surface area (Å²) in [5, 5.41) is 39.3. The van der Waals surface area contributed by atoms with Crippen molar-refractivity contribution in [3.63, 3.8) is 0 Å². The molecule has 1 unspecified atom stereocenters. The molecule has 19 nitrogen and oxygen atoms in total. The Bertz CT molecular complexity index is 1740. The van der Waals surface area contributed by atoms with Crippen LogP contribution in [0.5, 0.6) is 0 Å². The number of carboxylic acids is 1. The summed E-state index contributed by atoms with van der Waals surface area (Å²) >= 11 is 0.902. The molecule has 0 radical (unpaired) electrons. The van der Waals surface area contributed by atoms with Gasteiger partial charge in [0.1, 0.15) is 17.8 Å². The van der Waals surface area contributed by atoms with Gasteiger partial charge in [-0.15, -0.1) is 11.3 Å². The van der Waals surface area contributed by atoms with Gasteiger partial charge in [-0.25, -0.2) is 18.9 Å². The largest absolute Gasteiger partial charge is 0.503 e. The number of hydrogen-bond donors (Lipinski definition) is 7. The maximum absolute atomic E-state index is 13.3. The molecule has 1 saturated heterocycles. The number of esters is 1. The molecule has 1 aromatic heterocycles. The predicted molar refractivity (Wildman–Crippen MR) is 166 cm³/mol. The Labute approximate surface area is 277 Å². The van der Waals surface area contributed by atoms with E-state index in [0.717, 1.165) is 43.5 Å². The van der Waals surface area contributed by atoms with Gasteiger partial charge in [-0.1, -0.05) is 17.3 Å². The Kier molecular flexibility index (Phi) is 11.7. The molecule has 0 bridgehead atoms. The van der Waals surface area contributed by atoms with E-state index in [-0.39, 0.29) is 33.5 Å². The van der Waals surface area contributed by atoms with Crippen molar-refractivity contribution in [3.05, 3.63) is 58.7 Å². The third-order valence-electron chi connectivity index (χ3n) is 6.71. The zero-order valence-corrected chi connectivity index (χ0v) is 27.1. The summed E-state index contributed by atoms with van der Waals surface area (Å²) < 4.78 is 39.3. The number of aliphatic hydroxyl groups is 2. The number of aliphatic hydroxyl groups excluding tert-OH is 2. The van der Waals surface area contributed by atoms with Crippen LogP contribution in [0.15, 0.2) is 58.1 Å². The second-order valence-corrected chi connectivity index (χ2v) is 12.8. The number of thiazole rings is 1. The Morgan fingerprint density at radius 2 is 1.94 bits per heavy atom. The van der Waals surface area contributed by atoms with Crippen LogP contribution >= 0.6 is 11.3 Å². The molecule has 8 N–H and O–H groups in total. The molecule has 2 amide bonds. The van der Waals surface area contributed by atoms with Crippen LogP contribution in [0.4, 0.5) is 5.13 Å². The van der Waals surface area contributed by atoms with Crippen molar-refractivity contribution in [2.75, 3.05) is 12.3 Å². The molecule has 3 heterocycles. The first-order chi connectivity index (χ1) is 22.3. The maximum Gasteiger partial charge on any atom is 0.373 e. The van der Waals surface area contributed by atoms with E-state index in [1.54, 1.807) is 6.92 Å². The molecular formula is C27H32N6O13S2. The van der Waals surface area contributed by atoms with Crippen LogP contribution in [0.1, 0.15) is 39.3 Å². The smallest absolute Gasteiger partial charge is 0.373 e. The zero-order chi connectivity index (χ0) is 36.0. The third kappa shape index (κ3) is 9.39. The van der Waals surface area contributed by atoms with E-state index in [1.807, 2.05) is 0 Å². The third-order valence-corrected chi connectivity index (χ3v) is 8.27. The number of nitrogens with one attached hydrogen (secondary N) is 2. The first-order valence-corrected chi connectivity index (χ1v) is 16.1. The number of aliphatic carboxylic acids is 1. The molecule has 48 heavy (non-hydrogen) atoms. The second kappa shape index (κ2) is 15.1. The van der Waals surface area contributed by atoms with Gasteiger partial charge in [0, 0.05) is 11.6 Å². The lowest BCUT2D eigenvalue weighted by Crippen LogP contribution is -2.51. The fourth-order valence-electron chi connectivity index (χ4n) is 4.03. The van der Waals surface area contributed by atoms with Gasteiger partial charge in [0.25, 0.3) is 11.8 Å². The van der Waals surface area contributed by atoms with Crippen LogP contribution in [0, 0.1) is 0 Å². The molecule has 0 saturated carbocycles. The van der Waals surface area contributed by atoms with Crippen LogP contribution in [0.25, 0.3) is 0 Å². The number of carbonyl (C=O) groups excluding carboxylic acids is 4. The van der Waals surface area contributed by atoms with Gasteiger partial charge in [-0.3, -0.25) is 18.9 Å². The van der Waals surface area contributed by atoms with E-state index in [2.05, 4.69) is 20.8 Å². The molecule has 1 aromatic rings. The van der Waals surface area contributed by atoms with E-state index in [1.165, 1.54) is 17.5 Å². The summed E-state index contributed by atoms with van der Waals surface area (Å²) in [7, 11) is -5.28. The lowest BCUT2D eigenvalue weighted by Gasteiger charge is -2.23. The van der Waals surface area contributed by atoms with Gasteiger partial charge in [0.15, 0.2) is 16.6 Å². The number of rotatable bonds is 11. The molecular weight excluding hydrogens is 680 g/mol. The highest BCUT2D eigenvalue weighted by atomic mass is 32.2. The summed E-state index contributed by atoms with van der Waals surface area (Å²) in [4.78, 5) is 71.4. The summed E-state index contributed by atoms with van der Waals surface area (Å²) in [6, 6.07) is -2.42. The van der Waals surface area contributed by atoms with Crippen molar-refractivity contribution < 1.29 is 61.8 Å². The molecule has 0 spiro atoms. The lowest BCUT2D eigenvalue weighted by atomic mass is 10.1. The van der Waals surface area contributed by atoms with E-state index < -0.39 is 87.4 Å². The number of aromatic nitrogens is 1. The predicted octanol–water partition coefficient (Wildman–Crippen LogP) is 0.0157. The summed E-state index contributed by atoms with van der Waals surface area (Å²) in [5.74, 6) is -7.44. The lowest BCUT2D eigenvalue weighted by molar-refractivity contribution is -0.161. The van der Waals surface area contributed by atoms with Crippen LogP contribution in [-0.2, 0) is 43.9 Å². The average Bonchev–Trinajstić information content (AvgIpc) is 3.28. The number of ketones is 1. The van der Waals surface area contributed by atoms with E-state index >= 15 is 0 Å². The first-order valence-electron chi connectivity index (χ1n) is 13.8. The standard InChI is InChI=1S/C27H32N6O13S2/c1-4-13(15-7-8-18(34)20(36)10-29-15)9-19(35)24(39)45-14-5-6-16(23(38)33(11-14)48(42,43)44)30-22(37)21(17-12-47-26(28)31-17)32-46-27(2,3)25(40)41/h4,7-10,12,14-16,29,35-36H,5-6,11H2,1-3H3,(H2,28,31)(H,30,37)(H,40,41)(H,42,43,44)/b13-4-,19-9-,32-21-/t14-,15?,16+/m1/s1. The number of ether oxygens (including phenoxy) is 1. The van der Waals surface area contributed by atoms with E-state index in [0.29, 0.717) is 0 Å². The number of allylic oxidation sites excluding steroid dienone is 2. The van der Waals surface area contributed by atoms with E-state index in [9.17, 15) is 52.3 Å². The molecule has 2 aliphatic heterocycles. The van der Waals surface area contributed by atoms with Gasteiger partial charge >= 0.3 is 22.2 Å². The Hall–Kier alpha value is -5.28. The second-order valence-electron chi connectivity index (χ2n) is 10.6. The minimum Gasteiger partial charge on any atom is -0.503 e. The highest BCUT2D eigenvalue weighted by Crippen LogP contribution is 2.21. The quantitative estimate of drug-likeness (QED) is 0.0302. The highest BCUT2D eigenvalue weighted by molar-refractivity contribution is 7.84. The average molecular weight is 713 g/mol. The van der Waals surface area contributed by atoms with Crippen molar-refractivity contribution in [3.8, 4) is 0 Å². The van der Waals surface area contributed by atoms with Crippen LogP contribution in [0.2, 0.25) is 0 Å². The minimum atomic E-state index is -5.28. The van der Waals surface area contributed by atoms with Gasteiger partial charge in [0.2, 0.25) is 17.1 Å². The number of hydrogen-bond acceptors (Lipinski definition) is 16. The van der Waals surface area contributed by atoms with Gasteiger partial charge in [0.05, 0.1) is 12.6 Å². The van der Waals surface area contributed by atoms with Crippen LogP contribution in [0.3, 0.4) is 0 Å². The van der Waals surface area contributed by atoms with E-state index in [4.69, 9.17) is 15.3 Å². The number of oxime groups is 1. The maximum atomic E-state index is 13.3. The number of amides is 2. The normalized spacial score (nSPS) is 21.4. The summed E-state index contributed by atoms with van der Waals surface area (Å²) in [5.41, 5.74) is 3.22. The summed E-state index contributed by atoms with van der Waals surface area (Å²) in [6.07, 6.45) is 3.91. The van der Waals surface area contributed by atoms with Crippen molar-refractivity contribution in [1.82, 2.24) is 19.9 Å². The Morgan fingerprint density at radius 3 is 2.52 bits per heavy atom. The number of nitrogens with two attached hydrogens (primary N) is 1. The molecule has 2 aliphatic rings. The number of nitrogens with zero attached hydrogens (tertiary/aromatic N) is 3. The van der Waals surface area contributed by atoms with Gasteiger partial charge < -0.3 is 41.3 Å². The van der Waals surface area contributed by atoms with Crippen LogP contribution < -0.4 is 16.4 Å². The number of carboxylic acid groups (broad SMARTS) is 1. The number of nitrogen functional groups attached to an aromatic ring is 1. The monoisotopic (exact) mass is 712 g/mol. The molecule has 260 valence electrons. The molecule has 1 fully saturated rings. The van der Waals surface area contributed by atoms with Gasteiger partial charge in [-0.05, 0) is 51.3 Å². The highest BCUT2D eigenvalue weighted by Gasteiger charge is 2.40. The molecule has 3 rings (SSSR count). The molecule has 3 atom stereocenters. The Morgan fingerprint density at radius 1 is 1.25 bits per heavy atom. The molecule has 21 heteroatoms.